The monoisotopic (exact) mass is 267 g/mol. The quantitative estimate of drug-likeness (QED) is 0.463. The van der Waals surface area contributed by atoms with Crippen LogP contribution in [0, 0.1) is 10.1 Å². The topological polar surface area (TPSA) is 43.1 Å². The van der Waals surface area contributed by atoms with Crippen molar-refractivity contribution in [1.29, 1.82) is 0 Å². The summed E-state index contributed by atoms with van der Waals surface area (Å²) in [5, 5.41) is 11.4. The lowest BCUT2D eigenvalue weighted by Gasteiger charge is -2.25. The van der Waals surface area contributed by atoms with Crippen LogP contribution >= 0.6 is 12.6 Å². The van der Waals surface area contributed by atoms with E-state index in [-0.39, 0.29) is 21.4 Å². The molecule has 0 heterocycles. The van der Waals surface area contributed by atoms with Crippen LogP contribution in [-0.2, 0) is 10.8 Å². The highest BCUT2D eigenvalue weighted by atomic mass is 32.1. The van der Waals surface area contributed by atoms with Crippen LogP contribution < -0.4 is 0 Å². The van der Waals surface area contributed by atoms with Crippen molar-refractivity contribution < 1.29 is 4.92 Å². The fourth-order valence-corrected chi connectivity index (χ4v) is 2.22. The maximum atomic E-state index is 11.4. The normalized spacial score (nSPS) is 12.6. The first-order valence-electron chi connectivity index (χ1n) is 5.97. The molecule has 0 spiro atoms. The zero-order chi connectivity index (χ0) is 14.3. The molecule has 0 aromatic heterocycles. The Morgan fingerprint density at radius 1 is 1.00 bits per heavy atom. The van der Waals surface area contributed by atoms with Gasteiger partial charge in [0, 0.05) is 16.0 Å². The predicted octanol–water partition coefficient (Wildman–Crippen LogP) is 4.48. The summed E-state index contributed by atoms with van der Waals surface area (Å²) in [6.45, 7) is 11.9. The molecular weight excluding hydrogens is 246 g/mol. The van der Waals surface area contributed by atoms with E-state index in [1.54, 1.807) is 12.1 Å². The van der Waals surface area contributed by atoms with Crippen molar-refractivity contribution in [2.24, 2.45) is 0 Å². The van der Waals surface area contributed by atoms with Crippen LogP contribution in [0.2, 0.25) is 0 Å². The molecule has 0 amide bonds. The highest BCUT2D eigenvalue weighted by Crippen LogP contribution is 2.40. The van der Waals surface area contributed by atoms with Gasteiger partial charge < -0.3 is 0 Å². The van der Waals surface area contributed by atoms with E-state index in [2.05, 4.69) is 12.6 Å². The van der Waals surface area contributed by atoms with Crippen molar-refractivity contribution >= 4 is 18.3 Å². The lowest BCUT2D eigenvalue weighted by Crippen LogP contribution is -2.20. The molecule has 1 aromatic carbocycles. The number of nitrogens with zero attached hydrogens (tertiary/aromatic N) is 1. The maximum absolute atomic E-state index is 11.4. The standard InChI is InChI=1S/C14H21NO2S/c1-13(2,3)10-7-9(18)8-11(14(4,5)6)12(10)15(16)17/h7-8,18H,1-6H3. The van der Waals surface area contributed by atoms with Gasteiger partial charge in [0.2, 0.25) is 0 Å². The molecule has 1 aromatic rings. The molecule has 3 nitrogen and oxygen atoms in total. The zero-order valence-corrected chi connectivity index (χ0v) is 12.8. The number of nitro groups is 1. The highest BCUT2D eigenvalue weighted by molar-refractivity contribution is 7.80. The van der Waals surface area contributed by atoms with E-state index in [4.69, 9.17) is 0 Å². The van der Waals surface area contributed by atoms with Gasteiger partial charge in [0.25, 0.3) is 5.69 Å². The van der Waals surface area contributed by atoms with Crippen LogP contribution in [0.1, 0.15) is 52.7 Å². The van der Waals surface area contributed by atoms with Crippen LogP contribution in [-0.4, -0.2) is 4.92 Å². The summed E-state index contributed by atoms with van der Waals surface area (Å²) in [6, 6.07) is 3.60. The Balaban J connectivity index is 3.74. The highest BCUT2D eigenvalue weighted by Gasteiger charge is 2.33. The fourth-order valence-electron chi connectivity index (χ4n) is 1.96. The minimum atomic E-state index is -0.277. The second-order valence-corrected chi connectivity index (χ2v) is 7.16. The third-order valence-corrected chi connectivity index (χ3v) is 3.15. The number of nitro benzene ring substituents is 1. The Hall–Kier alpha value is -1.03. The second kappa shape index (κ2) is 4.57. The summed E-state index contributed by atoms with van der Waals surface area (Å²) in [5.41, 5.74) is 1.16. The molecule has 18 heavy (non-hydrogen) atoms. The molecule has 0 N–H and O–H groups in total. The summed E-state index contributed by atoms with van der Waals surface area (Å²) in [6.07, 6.45) is 0. The number of benzene rings is 1. The summed E-state index contributed by atoms with van der Waals surface area (Å²) in [7, 11) is 0. The molecule has 0 fully saturated rings. The van der Waals surface area contributed by atoms with Crippen LogP contribution in [0.15, 0.2) is 17.0 Å². The van der Waals surface area contributed by atoms with Crippen LogP contribution in [0.5, 0.6) is 0 Å². The molecule has 0 aliphatic rings. The van der Waals surface area contributed by atoms with E-state index >= 15 is 0 Å². The lowest BCUT2D eigenvalue weighted by molar-refractivity contribution is -0.387. The third-order valence-electron chi connectivity index (χ3n) is 2.89. The zero-order valence-electron chi connectivity index (χ0n) is 11.9. The summed E-state index contributed by atoms with van der Waals surface area (Å²) in [5.74, 6) is 0. The Labute approximate surface area is 114 Å². The minimum Gasteiger partial charge on any atom is -0.258 e. The Morgan fingerprint density at radius 3 is 1.56 bits per heavy atom. The second-order valence-electron chi connectivity index (χ2n) is 6.65. The molecule has 0 saturated carbocycles. The van der Waals surface area contributed by atoms with Gasteiger partial charge in [0.1, 0.15) is 0 Å². The average molecular weight is 267 g/mol. The smallest absolute Gasteiger partial charge is 0.258 e. The summed E-state index contributed by atoms with van der Waals surface area (Å²) in [4.78, 5) is 11.9. The molecule has 0 aliphatic heterocycles. The SMILES string of the molecule is CC(C)(C)c1cc(S)cc(C(C)(C)C)c1[N+](=O)[O-]. The lowest BCUT2D eigenvalue weighted by atomic mass is 9.79. The van der Waals surface area contributed by atoms with E-state index in [0.29, 0.717) is 0 Å². The van der Waals surface area contributed by atoms with Gasteiger partial charge in [-0.3, -0.25) is 10.1 Å². The molecular formula is C14H21NO2S. The van der Waals surface area contributed by atoms with E-state index in [9.17, 15) is 10.1 Å². The summed E-state index contributed by atoms with van der Waals surface area (Å²) < 4.78 is 0. The molecule has 0 unspecified atom stereocenters. The molecule has 0 aliphatic carbocycles. The van der Waals surface area contributed by atoms with Crippen molar-refractivity contribution in [3.8, 4) is 0 Å². The van der Waals surface area contributed by atoms with Crippen molar-refractivity contribution in [3.63, 3.8) is 0 Å². The van der Waals surface area contributed by atoms with Gasteiger partial charge in [-0.2, -0.15) is 0 Å². The predicted molar refractivity (Wildman–Crippen MR) is 77.7 cm³/mol. The molecule has 1 rings (SSSR count). The van der Waals surface area contributed by atoms with Crippen molar-refractivity contribution in [3.05, 3.63) is 33.4 Å². The molecule has 4 heteroatoms. The van der Waals surface area contributed by atoms with Crippen LogP contribution in [0.3, 0.4) is 0 Å². The van der Waals surface area contributed by atoms with Gasteiger partial charge in [-0.15, -0.1) is 12.6 Å². The van der Waals surface area contributed by atoms with Gasteiger partial charge >= 0.3 is 0 Å². The summed E-state index contributed by atoms with van der Waals surface area (Å²) >= 11 is 4.38. The molecule has 100 valence electrons. The Bertz CT molecular complexity index is 447. The van der Waals surface area contributed by atoms with Crippen LogP contribution in [0.25, 0.3) is 0 Å². The largest absolute Gasteiger partial charge is 0.276 e. The van der Waals surface area contributed by atoms with E-state index in [0.717, 1.165) is 16.0 Å². The average Bonchev–Trinajstić information content (AvgIpc) is 2.12. The first kappa shape index (κ1) is 15.0. The van der Waals surface area contributed by atoms with Gasteiger partial charge in [-0.05, 0) is 23.0 Å². The van der Waals surface area contributed by atoms with Gasteiger partial charge in [-0.25, -0.2) is 0 Å². The molecule has 0 atom stereocenters. The number of hydrogen-bond acceptors (Lipinski definition) is 3. The van der Waals surface area contributed by atoms with Gasteiger partial charge in [-0.1, -0.05) is 41.5 Å². The van der Waals surface area contributed by atoms with E-state index in [1.807, 2.05) is 41.5 Å². The minimum absolute atomic E-state index is 0.229. The van der Waals surface area contributed by atoms with Crippen LogP contribution in [0.4, 0.5) is 5.69 Å². The number of thiol groups is 1. The molecule has 0 bridgehead atoms. The number of rotatable bonds is 1. The van der Waals surface area contributed by atoms with E-state index in [1.165, 1.54) is 0 Å². The first-order chi connectivity index (χ1) is 7.94. The maximum Gasteiger partial charge on any atom is 0.276 e. The van der Waals surface area contributed by atoms with Gasteiger partial charge in [0.05, 0.1) is 4.92 Å². The van der Waals surface area contributed by atoms with E-state index < -0.39 is 0 Å². The first-order valence-corrected chi connectivity index (χ1v) is 6.41. The van der Waals surface area contributed by atoms with Crippen molar-refractivity contribution in [1.82, 2.24) is 0 Å². The Morgan fingerprint density at radius 2 is 1.33 bits per heavy atom. The van der Waals surface area contributed by atoms with Gasteiger partial charge in [0.15, 0.2) is 0 Å². The number of hydrogen-bond donors (Lipinski definition) is 1. The molecule has 0 radical (unpaired) electrons. The molecule has 0 saturated heterocycles. The van der Waals surface area contributed by atoms with Crippen molar-refractivity contribution in [2.45, 2.75) is 57.3 Å². The fraction of sp³-hybridized carbons (Fsp3) is 0.571. The third kappa shape index (κ3) is 3.05. The Kier molecular flexibility index (Phi) is 3.82. The van der Waals surface area contributed by atoms with Crippen molar-refractivity contribution in [2.75, 3.05) is 0 Å².